The fourth-order valence-corrected chi connectivity index (χ4v) is 5.47. The van der Waals surface area contributed by atoms with E-state index in [1.54, 1.807) is 23.1 Å². The van der Waals surface area contributed by atoms with Gasteiger partial charge in [-0.2, -0.15) is 13.2 Å². The molecule has 1 amide bonds. The predicted octanol–water partition coefficient (Wildman–Crippen LogP) is 7.55. The number of hydrogen-bond acceptors (Lipinski definition) is 4. The van der Waals surface area contributed by atoms with Crippen LogP contribution in [0.25, 0.3) is 5.57 Å². The zero-order chi connectivity index (χ0) is 29.9. The minimum Gasteiger partial charge on any atom is -0.490 e. The second-order valence-corrected chi connectivity index (χ2v) is 11.0. The van der Waals surface area contributed by atoms with Gasteiger partial charge in [-0.1, -0.05) is 47.5 Å². The maximum atomic E-state index is 13.8. The molecule has 0 unspecified atom stereocenters. The van der Waals surface area contributed by atoms with E-state index in [0.717, 1.165) is 48.2 Å². The van der Waals surface area contributed by atoms with E-state index >= 15 is 0 Å². The third-order valence-electron chi connectivity index (χ3n) is 7.10. The van der Waals surface area contributed by atoms with E-state index in [9.17, 15) is 22.4 Å². The molecule has 1 N–H and O–H groups in total. The second-order valence-electron chi connectivity index (χ2n) is 10.2. The number of hydrogen-bond donors (Lipinski definition) is 1. The average molecular weight is 623 g/mol. The Morgan fingerprint density at radius 3 is 2.33 bits per heavy atom. The number of nitrogens with one attached hydrogen (secondary N) is 1. The van der Waals surface area contributed by atoms with Gasteiger partial charge in [0.05, 0.1) is 15.6 Å². The molecule has 0 spiro atoms. The van der Waals surface area contributed by atoms with Crippen LogP contribution in [0, 0.1) is 5.82 Å². The van der Waals surface area contributed by atoms with Crippen LogP contribution in [0.4, 0.5) is 17.6 Å². The Morgan fingerprint density at radius 2 is 1.67 bits per heavy atom. The zero-order valence-electron chi connectivity index (χ0n) is 22.4. The summed E-state index contributed by atoms with van der Waals surface area (Å²) < 4.78 is 64.4. The summed E-state index contributed by atoms with van der Waals surface area (Å²) in [6.45, 7) is 1.52. The number of ether oxygens (including phenoxy) is 2. The molecular formula is C31H28Cl2F4N2O3. The Morgan fingerprint density at radius 1 is 0.976 bits per heavy atom. The standard InChI is InChI=1S/C31H28Cl2F4N2O3/c32-27-15-22(34)16-28(33)29(27)42-13-12-41-24-8-4-20(5-9-24)25-10-11-38-17-26(25)30(40)39(23-6-7-23)18-19-2-1-3-21(14-19)31(35,36)37/h1-5,8-9,14-16,23,38H,6-7,10-13,17-18H2. The first-order valence-electron chi connectivity index (χ1n) is 13.5. The molecule has 1 aliphatic carbocycles. The van der Waals surface area contributed by atoms with Crippen molar-refractivity contribution in [1.29, 1.82) is 0 Å². The van der Waals surface area contributed by atoms with Crippen molar-refractivity contribution >= 4 is 34.7 Å². The number of carbonyl (C=O) groups is 1. The molecule has 2 aliphatic rings. The minimum absolute atomic E-state index is 0.0142. The summed E-state index contributed by atoms with van der Waals surface area (Å²) in [5.74, 6) is 0.0540. The van der Waals surface area contributed by atoms with Gasteiger partial charge in [0.15, 0.2) is 5.75 Å². The van der Waals surface area contributed by atoms with Gasteiger partial charge in [-0.15, -0.1) is 0 Å². The van der Waals surface area contributed by atoms with Gasteiger partial charge in [-0.3, -0.25) is 4.79 Å². The highest BCUT2D eigenvalue weighted by molar-refractivity contribution is 6.37. The molecular weight excluding hydrogens is 595 g/mol. The molecule has 1 fully saturated rings. The number of nitrogens with zero attached hydrogens (tertiary/aromatic N) is 1. The van der Waals surface area contributed by atoms with Crippen molar-refractivity contribution in [3.63, 3.8) is 0 Å². The van der Waals surface area contributed by atoms with E-state index in [0.29, 0.717) is 36.4 Å². The van der Waals surface area contributed by atoms with Gasteiger partial charge in [0.1, 0.15) is 24.8 Å². The normalized spacial score (nSPS) is 15.5. The quantitative estimate of drug-likeness (QED) is 0.187. The van der Waals surface area contributed by atoms with E-state index in [4.69, 9.17) is 32.7 Å². The molecule has 3 aromatic carbocycles. The number of carbonyl (C=O) groups excluding carboxylic acids is 1. The molecule has 11 heteroatoms. The zero-order valence-corrected chi connectivity index (χ0v) is 24.0. The van der Waals surface area contributed by atoms with Gasteiger partial charge < -0.3 is 19.7 Å². The molecule has 5 nitrogen and oxygen atoms in total. The van der Waals surface area contributed by atoms with Crippen molar-refractivity contribution in [3.05, 3.63) is 98.8 Å². The highest BCUT2D eigenvalue weighted by Gasteiger charge is 2.36. The first-order valence-corrected chi connectivity index (χ1v) is 14.3. The SMILES string of the molecule is O=C(C1=C(c2ccc(OCCOc3c(Cl)cc(F)cc3Cl)cc2)CCNC1)N(Cc1cccc(C(F)(F)F)c1)C1CC1. The maximum Gasteiger partial charge on any atom is 0.416 e. The molecule has 222 valence electrons. The fourth-order valence-electron chi connectivity index (χ4n) is 4.90. The van der Waals surface area contributed by atoms with Crippen LogP contribution < -0.4 is 14.8 Å². The van der Waals surface area contributed by atoms with Crippen LogP contribution in [0.1, 0.15) is 36.0 Å². The fraction of sp³-hybridized carbons (Fsp3) is 0.323. The Hall–Kier alpha value is -3.27. The van der Waals surface area contributed by atoms with Gasteiger partial charge in [0.2, 0.25) is 0 Å². The first kappa shape index (κ1) is 30.2. The van der Waals surface area contributed by atoms with Crippen LogP contribution in [0.15, 0.2) is 66.2 Å². The van der Waals surface area contributed by atoms with Crippen molar-refractivity contribution in [3.8, 4) is 11.5 Å². The van der Waals surface area contributed by atoms with Crippen molar-refractivity contribution in [2.24, 2.45) is 0 Å². The lowest BCUT2D eigenvalue weighted by atomic mass is 9.93. The molecule has 1 heterocycles. The highest BCUT2D eigenvalue weighted by Crippen LogP contribution is 2.36. The monoisotopic (exact) mass is 622 g/mol. The lowest BCUT2D eigenvalue weighted by Crippen LogP contribution is -2.39. The molecule has 1 aliphatic heterocycles. The molecule has 0 saturated heterocycles. The van der Waals surface area contributed by atoms with Crippen LogP contribution in [0.2, 0.25) is 10.0 Å². The maximum absolute atomic E-state index is 13.8. The van der Waals surface area contributed by atoms with Gasteiger partial charge >= 0.3 is 6.18 Å². The van der Waals surface area contributed by atoms with Crippen molar-refractivity contribution in [2.45, 2.75) is 38.0 Å². The molecule has 0 bridgehead atoms. The van der Waals surface area contributed by atoms with Crippen molar-refractivity contribution < 1.29 is 31.8 Å². The Kier molecular flexibility index (Phi) is 9.30. The summed E-state index contributed by atoms with van der Waals surface area (Å²) in [4.78, 5) is 15.5. The minimum atomic E-state index is -4.44. The number of amides is 1. The molecule has 0 radical (unpaired) electrons. The number of benzene rings is 3. The molecule has 42 heavy (non-hydrogen) atoms. The Labute approximate surface area is 251 Å². The Bertz CT molecular complexity index is 1450. The number of alkyl halides is 3. The van der Waals surface area contributed by atoms with Gasteiger partial charge in [-0.25, -0.2) is 4.39 Å². The van der Waals surface area contributed by atoms with Crippen LogP contribution in [-0.2, 0) is 17.5 Å². The summed E-state index contributed by atoms with van der Waals surface area (Å²) in [6.07, 6.45) is -2.15. The van der Waals surface area contributed by atoms with Crippen molar-refractivity contribution in [2.75, 3.05) is 26.3 Å². The topological polar surface area (TPSA) is 50.8 Å². The summed E-state index contributed by atoms with van der Waals surface area (Å²) in [5, 5.41) is 3.40. The van der Waals surface area contributed by atoms with Gasteiger partial charge in [0.25, 0.3) is 5.91 Å². The largest absolute Gasteiger partial charge is 0.490 e. The summed E-state index contributed by atoms with van der Waals surface area (Å²) in [7, 11) is 0. The lowest BCUT2D eigenvalue weighted by Gasteiger charge is -2.28. The van der Waals surface area contributed by atoms with Crippen LogP contribution >= 0.6 is 23.2 Å². The molecule has 3 aromatic rings. The van der Waals surface area contributed by atoms with Gasteiger partial charge in [0, 0.05) is 24.7 Å². The van der Waals surface area contributed by atoms with E-state index in [1.165, 1.54) is 6.07 Å². The van der Waals surface area contributed by atoms with Crippen LogP contribution in [-0.4, -0.2) is 43.2 Å². The molecule has 0 aromatic heterocycles. The van der Waals surface area contributed by atoms with E-state index in [1.807, 2.05) is 12.1 Å². The smallest absolute Gasteiger partial charge is 0.416 e. The first-order chi connectivity index (χ1) is 20.1. The predicted molar refractivity (Wildman–Crippen MR) is 153 cm³/mol. The van der Waals surface area contributed by atoms with E-state index in [-0.39, 0.29) is 47.5 Å². The summed E-state index contributed by atoms with van der Waals surface area (Å²) in [5.41, 5.74) is 2.13. The average Bonchev–Trinajstić information content (AvgIpc) is 3.80. The second kappa shape index (κ2) is 12.9. The number of rotatable bonds is 10. The Balaban J connectivity index is 1.26. The van der Waals surface area contributed by atoms with Crippen LogP contribution in [0.3, 0.4) is 0 Å². The number of halogens is 6. The molecule has 0 atom stereocenters. The molecule has 1 saturated carbocycles. The van der Waals surface area contributed by atoms with E-state index < -0.39 is 17.6 Å². The van der Waals surface area contributed by atoms with Crippen LogP contribution in [0.5, 0.6) is 11.5 Å². The summed E-state index contributed by atoms with van der Waals surface area (Å²) in [6, 6.07) is 14.8. The van der Waals surface area contributed by atoms with Crippen molar-refractivity contribution in [1.82, 2.24) is 10.2 Å². The summed E-state index contributed by atoms with van der Waals surface area (Å²) >= 11 is 12.0. The third kappa shape index (κ3) is 7.38. The third-order valence-corrected chi connectivity index (χ3v) is 7.66. The molecule has 5 rings (SSSR count). The lowest BCUT2D eigenvalue weighted by molar-refractivity contribution is -0.137. The van der Waals surface area contributed by atoms with E-state index in [2.05, 4.69) is 5.32 Å². The van der Waals surface area contributed by atoms with Gasteiger partial charge in [-0.05, 0) is 78.9 Å². The highest BCUT2D eigenvalue weighted by atomic mass is 35.5.